The maximum absolute atomic E-state index is 12.8. The van der Waals surface area contributed by atoms with Crippen LogP contribution < -0.4 is 0 Å². The molecule has 1 aliphatic heterocycles. The highest BCUT2D eigenvalue weighted by Crippen LogP contribution is 2.47. The minimum atomic E-state index is -0.971. The van der Waals surface area contributed by atoms with Crippen molar-refractivity contribution in [2.75, 3.05) is 6.54 Å². The van der Waals surface area contributed by atoms with Crippen LogP contribution in [0.25, 0.3) is 0 Å². The van der Waals surface area contributed by atoms with Crippen molar-refractivity contribution in [3.05, 3.63) is 47.0 Å². The SMILES string of the molecule is C/C=C1/CC2CC(C)(C1)CN2C(=O)c1ccc(C(=O)O)cc1. The van der Waals surface area contributed by atoms with Crippen molar-refractivity contribution in [2.45, 2.75) is 39.2 Å². The Balaban J connectivity index is 1.82. The minimum absolute atomic E-state index is 0.0167. The summed E-state index contributed by atoms with van der Waals surface area (Å²) >= 11 is 0. The molecule has 4 nitrogen and oxygen atoms in total. The first kappa shape index (κ1) is 14.8. The predicted molar refractivity (Wildman–Crippen MR) is 83.9 cm³/mol. The molecule has 2 bridgehead atoms. The van der Waals surface area contributed by atoms with E-state index in [1.54, 1.807) is 12.1 Å². The Bertz CT molecular complexity index is 647. The van der Waals surface area contributed by atoms with Gasteiger partial charge in [0.05, 0.1) is 5.56 Å². The van der Waals surface area contributed by atoms with Crippen LogP contribution in [0.1, 0.15) is 53.8 Å². The molecule has 2 aliphatic rings. The number of carboxylic acid groups (broad SMARTS) is 1. The molecule has 2 fully saturated rings. The van der Waals surface area contributed by atoms with Crippen molar-refractivity contribution in [1.29, 1.82) is 0 Å². The van der Waals surface area contributed by atoms with Crippen molar-refractivity contribution in [1.82, 2.24) is 4.90 Å². The molecule has 2 atom stereocenters. The topological polar surface area (TPSA) is 57.6 Å². The van der Waals surface area contributed by atoms with Gasteiger partial charge in [0, 0.05) is 18.2 Å². The lowest BCUT2D eigenvalue weighted by Crippen LogP contribution is -2.35. The molecule has 4 heteroatoms. The predicted octanol–water partition coefficient (Wildman–Crippen LogP) is 3.35. The van der Waals surface area contributed by atoms with Gasteiger partial charge in [-0.25, -0.2) is 4.79 Å². The zero-order chi connectivity index (χ0) is 15.9. The first-order chi connectivity index (χ1) is 10.4. The molecule has 1 saturated carbocycles. The van der Waals surface area contributed by atoms with Crippen LogP contribution in [0.3, 0.4) is 0 Å². The molecule has 0 aromatic heterocycles. The molecule has 1 aliphatic carbocycles. The molecule has 1 saturated heterocycles. The molecule has 1 aromatic rings. The van der Waals surface area contributed by atoms with Crippen LogP contribution in [-0.2, 0) is 0 Å². The van der Waals surface area contributed by atoms with E-state index < -0.39 is 5.97 Å². The number of amides is 1. The third kappa shape index (κ3) is 2.54. The maximum atomic E-state index is 12.8. The van der Waals surface area contributed by atoms with E-state index in [9.17, 15) is 9.59 Å². The first-order valence-corrected chi connectivity index (χ1v) is 7.70. The Morgan fingerprint density at radius 1 is 1.27 bits per heavy atom. The number of aromatic carboxylic acids is 1. The fourth-order valence-corrected chi connectivity index (χ4v) is 3.90. The number of benzene rings is 1. The zero-order valence-electron chi connectivity index (χ0n) is 13.0. The number of hydrogen-bond donors (Lipinski definition) is 1. The fraction of sp³-hybridized carbons (Fsp3) is 0.444. The lowest BCUT2D eigenvalue weighted by molar-refractivity contribution is 0.0692. The van der Waals surface area contributed by atoms with Gasteiger partial charge in [-0.15, -0.1) is 0 Å². The van der Waals surface area contributed by atoms with Crippen molar-refractivity contribution in [3.63, 3.8) is 0 Å². The van der Waals surface area contributed by atoms with E-state index in [1.165, 1.54) is 17.7 Å². The highest BCUT2D eigenvalue weighted by atomic mass is 16.4. The van der Waals surface area contributed by atoms with Gasteiger partial charge in [-0.1, -0.05) is 18.6 Å². The maximum Gasteiger partial charge on any atom is 0.335 e. The zero-order valence-corrected chi connectivity index (χ0v) is 13.0. The van der Waals surface area contributed by atoms with Crippen molar-refractivity contribution < 1.29 is 14.7 Å². The summed E-state index contributed by atoms with van der Waals surface area (Å²) in [7, 11) is 0. The molecule has 0 spiro atoms. The number of rotatable bonds is 2. The molecule has 0 radical (unpaired) electrons. The van der Waals surface area contributed by atoms with Crippen molar-refractivity contribution in [2.24, 2.45) is 5.41 Å². The molecule has 22 heavy (non-hydrogen) atoms. The van der Waals surface area contributed by atoms with Crippen LogP contribution in [0, 0.1) is 5.41 Å². The first-order valence-electron chi connectivity index (χ1n) is 7.70. The molecule has 2 unspecified atom stereocenters. The third-order valence-corrected chi connectivity index (χ3v) is 4.92. The van der Waals surface area contributed by atoms with E-state index in [1.807, 2.05) is 4.90 Å². The standard InChI is InChI=1S/C18H21NO3/c1-3-12-8-15-10-18(2,9-12)11-19(15)16(20)13-4-6-14(7-5-13)17(21)22/h3-7,15H,8-11H2,1-2H3,(H,21,22)/b12-3-. The van der Waals surface area contributed by atoms with E-state index in [0.29, 0.717) is 5.56 Å². The van der Waals surface area contributed by atoms with E-state index in [0.717, 1.165) is 25.8 Å². The van der Waals surface area contributed by atoms with Gasteiger partial charge >= 0.3 is 5.97 Å². The number of allylic oxidation sites excluding steroid dienone is 1. The van der Waals surface area contributed by atoms with E-state index in [-0.39, 0.29) is 22.9 Å². The number of carbonyl (C=O) groups is 2. The summed E-state index contributed by atoms with van der Waals surface area (Å²) in [6.07, 6.45) is 5.27. The summed E-state index contributed by atoms with van der Waals surface area (Å²) in [6.45, 7) is 5.11. The molecular formula is C18H21NO3. The molecule has 1 amide bonds. The Morgan fingerprint density at radius 2 is 1.91 bits per heavy atom. The van der Waals surface area contributed by atoms with Crippen molar-refractivity contribution in [3.8, 4) is 0 Å². The Labute approximate surface area is 130 Å². The van der Waals surface area contributed by atoms with Crippen molar-refractivity contribution >= 4 is 11.9 Å². The molecule has 1 N–H and O–H groups in total. The van der Waals surface area contributed by atoms with Gasteiger partial charge in [0.2, 0.25) is 0 Å². The Morgan fingerprint density at radius 3 is 2.50 bits per heavy atom. The van der Waals surface area contributed by atoms with Gasteiger partial charge in [0.25, 0.3) is 5.91 Å². The van der Waals surface area contributed by atoms with Crippen LogP contribution >= 0.6 is 0 Å². The second kappa shape index (κ2) is 5.27. The second-order valence-corrected chi connectivity index (χ2v) is 6.81. The second-order valence-electron chi connectivity index (χ2n) is 6.81. The summed E-state index contributed by atoms with van der Waals surface area (Å²) in [4.78, 5) is 25.6. The van der Waals surface area contributed by atoms with E-state index >= 15 is 0 Å². The van der Waals surface area contributed by atoms with Gasteiger partial charge in [-0.2, -0.15) is 0 Å². The number of carboxylic acids is 1. The average molecular weight is 299 g/mol. The average Bonchev–Trinajstić information content (AvgIpc) is 2.75. The molecule has 1 heterocycles. The minimum Gasteiger partial charge on any atom is -0.478 e. The monoisotopic (exact) mass is 299 g/mol. The van der Waals surface area contributed by atoms with Gasteiger partial charge in [-0.05, 0) is 55.9 Å². The highest BCUT2D eigenvalue weighted by Gasteiger charge is 2.46. The lowest BCUT2D eigenvalue weighted by Gasteiger charge is -2.29. The van der Waals surface area contributed by atoms with E-state index in [4.69, 9.17) is 5.11 Å². The summed E-state index contributed by atoms with van der Waals surface area (Å²) in [5.74, 6) is -0.954. The van der Waals surface area contributed by atoms with Crippen LogP contribution in [-0.4, -0.2) is 34.5 Å². The summed E-state index contributed by atoms with van der Waals surface area (Å²) < 4.78 is 0. The largest absolute Gasteiger partial charge is 0.478 e. The number of hydrogen-bond acceptors (Lipinski definition) is 2. The smallest absolute Gasteiger partial charge is 0.335 e. The van der Waals surface area contributed by atoms with E-state index in [2.05, 4.69) is 19.9 Å². The highest BCUT2D eigenvalue weighted by molar-refractivity contribution is 5.96. The van der Waals surface area contributed by atoms with Crippen LogP contribution in [0.15, 0.2) is 35.9 Å². The summed E-state index contributed by atoms with van der Waals surface area (Å²) in [5.41, 5.74) is 2.40. The molecule has 116 valence electrons. The number of likely N-dealkylation sites (tertiary alicyclic amines) is 1. The Hall–Kier alpha value is -2.10. The van der Waals surface area contributed by atoms with Crippen LogP contribution in [0.5, 0.6) is 0 Å². The normalized spacial score (nSPS) is 28.9. The van der Waals surface area contributed by atoms with Gasteiger partial charge in [0.1, 0.15) is 0 Å². The number of fused-ring (bicyclic) bond motifs is 2. The molecule has 1 aromatic carbocycles. The third-order valence-electron chi connectivity index (χ3n) is 4.92. The van der Waals surface area contributed by atoms with Gasteiger partial charge < -0.3 is 10.0 Å². The summed E-state index contributed by atoms with van der Waals surface area (Å²) in [6, 6.07) is 6.50. The van der Waals surface area contributed by atoms with Gasteiger partial charge in [0.15, 0.2) is 0 Å². The van der Waals surface area contributed by atoms with Gasteiger partial charge in [-0.3, -0.25) is 4.79 Å². The lowest BCUT2D eigenvalue weighted by atomic mass is 9.75. The number of nitrogens with zero attached hydrogens (tertiary/aromatic N) is 1. The van der Waals surface area contributed by atoms with Crippen LogP contribution in [0.4, 0.5) is 0 Å². The fourth-order valence-electron chi connectivity index (χ4n) is 3.90. The molecular weight excluding hydrogens is 278 g/mol. The van der Waals surface area contributed by atoms with Crippen LogP contribution in [0.2, 0.25) is 0 Å². The summed E-state index contributed by atoms with van der Waals surface area (Å²) in [5, 5.41) is 8.94. The Kier molecular flexibility index (Phi) is 3.55. The molecule has 3 rings (SSSR count). The number of carbonyl (C=O) groups excluding carboxylic acids is 1. The quantitative estimate of drug-likeness (QED) is 0.852.